The summed E-state index contributed by atoms with van der Waals surface area (Å²) < 4.78 is 0. The Hall–Kier alpha value is -1.59. The van der Waals surface area contributed by atoms with Crippen LogP contribution in [0.15, 0.2) is 24.3 Å². The molecule has 0 atom stereocenters. The van der Waals surface area contributed by atoms with Crippen molar-refractivity contribution in [3.8, 4) is 0 Å². The maximum absolute atomic E-state index is 12.0. The van der Waals surface area contributed by atoms with Crippen LogP contribution < -0.4 is 0 Å². The number of benzene rings is 1. The third-order valence-electron chi connectivity index (χ3n) is 2.90. The predicted octanol–water partition coefficient (Wildman–Crippen LogP) is 1.70. The first-order valence-electron chi connectivity index (χ1n) is 6.35. The number of hydrogen-bond acceptors (Lipinski definition) is 3. The van der Waals surface area contributed by atoms with Crippen LogP contribution in [0.1, 0.15) is 12.5 Å². The fourth-order valence-corrected chi connectivity index (χ4v) is 1.99. The zero-order valence-corrected chi connectivity index (χ0v) is 12.4. The zero-order valence-electron chi connectivity index (χ0n) is 11.7. The highest BCUT2D eigenvalue weighted by atomic mass is 35.5. The van der Waals surface area contributed by atoms with Gasteiger partial charge in [0.15, 0.2) is 0 Å². The molecule has 0 saturated carbocycles. The second-order valence-electron chi connectivity index (χ2n) is 4.58. The van der Waals surface area contributed by atoms with E-state index in [1.807, 2.05) is 19.1 Å². The molecule has 110 valence electrons. The van der Waals surface area contributed by atoms with Crippen LogP contribution in [-0.4, -0.2) is 53.5 Å². The summed E-state index contributed by atoms with van der Waals surface area (Å²) in [6, 6.07) is 7.31. The maximum Gasteiger partial charge on any atom is 0.317 e. The molecular weight excluding hydrogens is 280 g/mol. The first-order chi connectivity index (χ1) is 9.42. The number of carbonyl (C=O) groups is 2. The topological polar surface area (TPSA) is 60.9 Å². The number of carbonyl (C=O) groups excluding carboxylic acids is 1. The Morgan fingerprint density at radius 1 is 1.30 bits per heavy atom. The molecule has 0 aliphatic carbocycles. The molecule has 0 radical (unpaired) electrons. The third kappa shape index (κ3) is 5.59. The molecule has 5 nitrogen and oxygen atoms in total. The largest absolute Gasteiger partial charge is 0.480 e. The summed E-state index contributed by atoms with van der Waals surface area (Å²) >= 11 is 5.89. The molecule has 0 heterocycles. The van der Waals surface area contributed by atoms with Gasteiger partial charge in [-0.05, 0) is 24.2 Å². The highest BCUT2D eigenvalue weighted by Gasteiger charge is 2.15. The number of carboxylic acid groups (broad SMARTS) is 1. The first kappa shape index (κ1) is 16.5. The Morgan fingerprint density at radius 3 is 2.55 bits per heavy atom. The molecule has 1 aromatic carbocycles. The fourth-order valence-electron chi connectivity index (χ4n) is 1.78. The van der Waals surface area contributed by atoms with Gasteiger partial charge in [-0.25, -0.2) is 0 Å². The molecule has 0 aliphatic heterocycles. The number of nitrogens with zero attached hydrogens (tertiary/aromatic N) is 2. The molecule has 0 unspecified atom stereocenters. The molecule has 0 aliphatic rings. The van der Waals surface area contributed by atoms with Gasteiger partial charge in [-0.1, -0.05) is 30.7 Å². The number of hydrogen-bond donors (Lipinski definition) is 1. The summed E-state index contributed by atoms with van der Waals surface area (Å²) in [6.45, 7) is 2.76. The lowest BCUT2D eigenvalue weighted by molar-refractivity contribution is -0.139. The van der Waals surface area contributed by atoms with E-state index in [-0.39, 0.29) is 19.0 Å². The summed E-state index contributed by atoms with van der Waals surface area (Å²) in [4.78, 5) is 25.9. The number of amides is 1. The van der Waals surface area contributed by atoms with Gasteiger partial charge in [0.1, 0.15) is 0 Å². The van der Waals surface area contributed by atoms with E-state index in [0.29, 0.717) is 18.1 Å². The van der Waals surface area contributed by atoms with Crippen LogP contribution in [0.3, 0.4) is 0 Å². The molecule has 0 spiro atoms. The molecule has 1 amide bonds. The standard InChI is InChI=1S/C14H19ClN2O3/c1-3-17(10-14(19)20)9-13(18)16(2)8-11-5-4-6-12(15)7-11/h4-7H,3,8-10H2,1-2H3,(H,19,20). The van der Waals surface area contributed by atoms with Crippen LogP contribution >= 0.6 is 11.6 Å². The van der Waals surface area contributed by atoms with Gasteiger partial charge in [0.05, 0.1) is 13.1 Å². The van der Waals surface area contributed by atoms with Gasteiger partial charge in [0.25, 0.3) is 0 Å². The molecule has 1 aromatic rings. The van der Waals surface area contributed by atoms with E-state index in [2.05, 4.69) is 0 Å². The highest BCUT2D eigenvalue weighted by Crippen LogP contribution is 2.12. The number of carboxylic acids is 1. The van der Waals surface area contributed by atoms with Crippen molar-refractivity contribution < 1.29 is 14.7 Å². The quantitative estimate of drug-likeness (QED) is 0.832. The summed E-state index contributed by atoms with van der Waals surface area (Å²) in [7, 11) is 1.69. The van der Waals surface area contributed by atoms with Gasteiger partial charge in [-0.3, -0.25) is 14.5 Å². The summed E-state index contributed by atoms with van der Waals surface area (Å²) in [5, 5.41) is 9.38. The lowest BCUT2D eigenvalue weighted by Crippen LogP contribution is -2.40. The summed E-state index contributed by atoms with van der Waals surface area (Å²) in [6.07, 6.45) is 0. The van der Waals surface area contributed by atoms with Crippen molar-refractivity contribution in [1.29, 1.82) is 0 Å². The van der Waals surface area contributed by atoms with Crippen molar-refractivity contribution in [1.82, 2.24) is 9.80 Å². The van der Waals surface area contributed by atoms with Gasteiger partial charge in [-0.15, -0.1) is 0 Å². The van der Waals surface area contributed by atoms with Crippen molar-refractivity contribution in [2.24, 2.45) is 0 Å². The van der Waals surface area contributed by atoms with Gasteiger partial charge >= 0.3 is 5.97 Å². The lowest BCUT2D eigenvalue weighted by atomic mass is 10.2. The highest BCUT2D eigenvalue weighted by molar-refractivity contribution is 6.30. The molecule has 0 bridgehead atoms. The normalized spacial score (nSPS) is 10.6. The van der Waals surface area contributed by atoms with Crippen LogP contribution in [0.2, 0.25) is 5.02 Å². The van der Waals surface area contributed by atoms with E-state index in [1.165, 1.54) is 0 Å². The Bertz CT molecular complexity index is 479. The van der Waals surface area contributed by atoms with Crippen LogP contribution in [0.5, 0.6) is 0 Å². The summed E-state index contributed by atoms with van der Waals surface area (Å²) in [5.41, 5.74) is 0.939. The van der Waals surface area contributed by atoms with Crippen molar-refractivity contribution in [3.05, 3.63) is 34.9 Å². The summed E-state index contributed by atoms with van der Waals surface area (Å²) in [5.74, 6) is -1.05. The minimum Gasteiger partial charge on any atom is -0.480 e. The minimum atomic E-state index is -0.933. The molecule has 0 aromatic heterocycles. The van der Waals surface area contributed by atoms with E-state index >= 15 is 0 Å². The lowest BCUT2D eigenvalue weighted by Gasteiger charge is -2.22. The first-order valence-corrected chi connectivity index (χ1v) is 6.72. The van der Waals surface area contributed by atoms with E-state index in [1.54, 1.807) is 29.0 Å². The molecule has 0 saturated heterocycles. The number of aliphatic carboxylic acids is 1. The van der Waals surface area contributed by atoms with Crippen LogP contribution in [-0.2, 0) is 16.1 Å². The number of rotatable bonds is 7. The van der Waals surface area contributed by atoms with Gasteiger partial charge in [0.2, 0.25) is 5.91 Å². The third-order valence-corrected chi connectivity index (χ3v) is 3.13. The Labute approximate surface area is 123 Å². The van der Waals surface area contributed by atoms with E-state index < -0.39 is 5.97 Å². The second kappa shape index (κ2) is 7.87. The average molecular weight is 299 g/mol. The van der Waals surface area contributed by atoms with Crippen molar-refractivity contribution >= 4 is 23.5 Å². The Balaban J connectivity index is 2.56. The minimum absolute atomic E-state index is 0.0971. The smallest absolute Gasteiger partial charge is 0.317 e. The average Bonchev–Trinajstić information content (AvgIpc) is 2.37. The van der Waals surface area contributed by atoms with Crippen LogP contribution in [0.4, 0.5) is 0 Å². The Morgan fingerprint density at radius 2 is 2.00 bits per heavy atom. The van der Waals surface area contributed by atoms with E-state index in [9.17, 15) is 9.59 Å². The van der Waals surface area contributed by atoms with Gasteiger partial charge < -0.3 is 10.0 Å². The molecule has 0 fully saturated rings. The molecule has 1 N–H and O–H groups in total. The molecule has 6 heteroatoms. The van der Waals surface area contributed by atoms with Crippen LogP contribution in [0, 0.1) is 0 Å². The Kier molecular flexibility index (Phi) is 6.48. The monoisotopic (exact) mass is 298 g/mol. The van der Waals surface area contributed by atoms with Gasteiger partial charge in [-0.2, -0.15) is 0 Å². The van der Waals surface area contributed by atoms with Crippen molar-refractivity contribution in [3.63, 3.8) is 0 Å². The zero-order chi connectivity index (χ0) is 15.1. The number of likely N-dealkylation sites (N-methyl/N-ethyl adjacent to an activating group) is 2. The predicted molar refractivity (Wildman–Crippen MR) is 77.7 cm³/mol. The van der Waals surface area contributed by atoms with Crippen LogP contribution in [0.25, 0.3) is 0 Å². The van der Waals surface area contributed by atoms with Crippen molar-refractivity contribution in [2.75, 3.05) is 26.7 Å². The van der Waals surface area contributed by atoms with Crippen molar-refractivity contribution in [2.45, 2.75) is 13.5 Å². The second-order valence-corrected chi connectivity index (χ2v) is 5.01. The van der Waals surface area contributed by atoms with E-state index in [0.717, 1.165) is 5.56 Å². The maximum atomic E-state index is 12.0. The SMILES string of the molecule is CCN(CC(=O)O)CC(=O)N(C)Cc1cccc(Cl)c1. The molecule has 20 heavy (non-hydrogen) atoms. The van der Waals surface area contributed by atoms with Gasteiger partial charge in [0, 0.05) is 18.6 Å². The molecular formula is C14H19ClN2O3. The van der Waals surface area contributed by atoms with E-state index in [4.69, 9.17) is 16.7 Å². The number of halogens is 1. The fraction of sp³-hybridized carbons (Fsp3) is 0.429. The molecule has 1 rings (SSSR count).